The van der Waals surface area contributed by atoms with E-state index in [1.54, 1.807) is 11.3 Å². The smallest absolute Gasteiger partial charge is 0.340 e. The highest BCUT2D eigenvalue weighted by atomic mass is 32.1. The number of thiocarbonyl (C=S) groups is 1. The van der Waals surface area contributed by atoms with Crippen molar-refractivity contribution in [3.8, 4) is 0 Å². The molecule has 0 amide bonds. The number of esters is 1. The molecule has 0 saturated carbocycles. The first kappa shape index (κ1) is 20.8. The lowest BCUT2D eigenvalue weighted by atomic mass is 10.0. The highest BCUT2D eigenvalue weighted by Gasteiger charge is 2.21. The Balaban J connectivity index is 1.50. The zero-order valence-electron chi connectivity index (χ0n) is 16.4. The van der Waals surface area contributed by atoms with Crippen molar-refractivity contribution in [3.05, 3.63) is 52.4 Å². The lowest BCUT2D eigenvalue weighted by molar-refractivity contribution is 0.0602. The summed E-state index contributed by atoms with van der Waals surface area (Å²) >= 11 is 7.05. The van der Waals surface area contributed by atoms with Crippen LogP contribution in [0, 0.1) is 0 Å². The number of anilines is 1. The van der Waals surface area contributed by atoms with E-state index in [-0.39, 0.29) is 5.97 Å². The summed E-state index contributed by atoms with van der Waals surface area (Å²) in [5, 5.41) is 7.93. The van der Waals surface area contributed by atoms with Crippen molar-refractivity contribution in [2.75, 3.05) is 25.5 Å². The third-order valence-corrected chi connectivity index (χ3v) is 6.35. The molecule has 0 bridgehead atoms. The van der Waals surface area contributed by atoms with Crippen LogP contribution in [0.15, 0.2) is 36.4 Å². The van der Waals surface area contributed by atoms with Crippen LogP contribution in [0.1, 0.15) is 40.6 Å². The quantitative estimate of drug-likeness (QED) is 0.546. The van der Waals surface area contributed by atoms with E-state index in [0.717, 1.165) is 48.8 Å². The maximum Gasteiger partial charge on any atom is 0.340 e. The van der Waals surface area contributed by atoms with Gasteiger partial charge in [-0.1, -0.05) is 37.3 Å². The summed E-state index contributed by atoms with van der Waals surface area (Å²) in [6, 6.07) is 12.8. The summed E-state index contributed by atoms with van der Waals surface area (Å²) < 4.78 is 4.89. The molecule has 2 heterocycles. The standard InChI is InChI=1S/C21H27N3O2S2/c1-3-17-13-18(20(25)26-2)19(28-17)23-21(27)22-16-9-11-24(12-10-16)14-15-7-5-4-6-8-15/h4-8,13,16H,3,9-12,14H2,1-2H3,(H2,22,23,27). The van der Waals surface area contributed by atoms with Gasteiger partial charge in [0.1, 0.15) is 5.00 Å². The molecule has 1 aromatic heterocycles. The lowest BCUT2D eigenvalue weighted by Gasteiger charge is -2.33. The van der Waals surface area contributed by atoms with Crippen molar-refractivity contribution < 1.29 is 9.53 Å². The Labute approximate surface area is 176 Å². The van der Waals surface area contributed by atoms with Gasteiger partial charge >= 0.3 is 5.97 Å². The van der Waals surface area contributed by atoms with E-state index in [1.165, 1.54) is 12.7 Å². The molecule has 0 atom stereocenters. The molecule has 1 fully saturated rings. The van der Waals surface area contributed by atoms with Gasteiger partial charge in [-0.15, -0.1) is 11.3 Å². The lowest BCUT2D eigenvalue weighted by Crippen LogP contribution is -2.45. The van der Waals surface area contributed by atoms with E-state index in [2.05, 4.69) is 52.8 Å². The summed E-state index contributed by atoms with van der Waals surface area (Å²) in [6.07, 6.45) is 2.96. The van der Waals surface area contributed by atoms with Crippen molar-refractivity contribution >= 4 is 39.6 Å². The predicted octanol–water partition coefficient (Wildman–Crippen LogP) is 4.05. The van der Waals surface area contributed by atoms with Gasteiger partial charge in [-0.05, 0) is 43.1 Å². The normalized spacial score (nSPS) is 15.2. The zero-order valence-corrected chi connectivity index (χ0v) is 18.0. The number of nitrogens with one attached hydrogen (secondary N) is 2. The molecule has 150 valence electrons. The van der Waals surface area contributed by atoms with Gasteiger partial charge < -0.3 is 15.4 Å². The summed E-state index contributed by atoms with van der Waals surface area (Å²) in [6.45, 7) is 5.15. The van der Waals surface area contributed by atoms with Crippen LogP contribution < -0.4 is 10.6 Å². The number of aryl methyl sites for hydroxylation is 1. The van der Waals surface area contributed by atoms with E-state index in [4.69, 9.17) is 17.0 Å². The molecule has 0 unspecified atom stereocenters. The average molecular weight is 418 g/mol. The summed E-state index contributed by atoms with van der Waals surface area (Å²) in [7, 11) is 1.40. The molecule has 2 N–H and O–H groups in total. The second kappa shape index (κ2) is 10.0. The fourth-order valence-corrected chi connectivity index (χ4v) is 4.69. The van der Waals surface area contributed by atoms with Crippen LogP contribution in [-0.4, -0.2) is 42.2 Å². The number of nitrogens with zero attached hydrogens (tertiary/aromatic N) is 1. The number of carbonyl (C=O) groups is 1. The summed E-state index contributed by atoms with van der Waals surface area (Å²) in [5.74, 6) is -0.338. The molecule has 5 nitrogen and oxygen atoms in total. The van der Waals surface area contributed by atoms with Crippen molar-refractivity contribution in [2.45, 2.75) is 38.8 Å². The topological polar surface area (TPSA) is 53.6 Å². The molecule has 3 rings (SSSR count). The average Bonchev–Trinajstić information content (AvgIpc) is 3.12. The molecule has 2 aromatic rings. The van der Waals surface area contributed by atoms with Crippen molar-refractivity contribution in [1.82, 2.24) is 10.2 Å². The highest BCUT2D eigenvalue weighted by molar-refractivity contribution is 7.80. The minimum atomic E-state index is -0.338. The van der Waals surface area contributed by atoms with E-state index in [1.807, 2.05) is 6.07 Å². The SMILES string of the molecule is CCc1cc(C(=O)OC)c(NC(=S)NC2CCN(Cc3ccccc3)CC2)s1. The van der Waals surface area contributed by atoms with Gasteiger partial charge in [-0.25, -0.2) is 4.79 Å². The van der Waals surface area contributed by atoms with Crippen molar-refractivity contribution in [2.24, 2.45) is 0 Å². The Morgan fingerprint density at radius 1 is 1.29 bits per heavy atom. The monoisotopic (exact) mass is 417 g/mol. The molecule has 1 aliphatic heterocycles. The Bertz CT molecular complexity index is 799. The molecule has 1 aliphatic rings. The number of ether oxygens (including phenoxy) is 1. The minimum absolute atomic E-state index is 0.338. The van der Waals surface area contributed by atoms with Gasteiger partial charge in [0, 0.05) is 30.6 Å². The van der Waals surface area contributed by atoms with Crippen molar-refractivity contribution in [1.29, 1.82) is 0 Å². The number of hydrogen-bond acceptors (Lipinski definition) is 5. The first-order valence-electron chi connectivity index (χ1n) is 9.63. The Hall–Kier alpha value is -1.96. The Morgan fingerprint density at radius 3 is 2.64 bits per heavy atom. The first-order chi connectivity index (χ1) is 13.6. The molecule has 0 aliphatic carbocycles. The molecule has 0 radical (unpaired) electrons. The minimum Gasteiger partial charge on any atom is -0.465 e. The highest BCUT2D eigenvalue weighted by Crippen LogP contribution is 2.29. The molecular formula is C21H27N3O2S2. The van der Waals surface area contributed by atoms with Gasteiger partial charge in [0.15, 0.2) is 5.11 Å². The van der Waals surface area contributed by atoms with Crippen LogP contribution in [0.5, 0.6) is 0 Å². The number of carbonyl (C=O) groups excluding carboxylic acids is 1. The van der Waals surface area contributed by atoms with Gasteiger partial charge in [0.25, 0.3) is 0 Å². The number of methoxy groups -OCH3 is 1. The Morgan fingerprint density at radius 2 is 2.00 bits per heavy atom. The molecular weight excluding hydrogens is 390 g/mol. The first-order valence-corrected chi connectivity index (χ1v) is 10.9. The van der Waals surface area contributed by atoms with Gasteiger partial charge in [0.05, 0.1) is 12.7 Å². The maximum absolute atomic E-state index is 12.0. The van der Waals surface area contributed by atoms with Crippen LogP contribution >= 0.6 is 23.6 Å². The van der Waals surface area contributed by atoms with Gasteiger partial charge in [0.2, 0.25) is 0 Å². The second-order valence-corrected chi connectivity index (χ2v) is 8.48. The van der Waals surface area contributed by atoms with E-state index < -0.39 is 0 Å². The summed E-state index contributed by atoms with van der Waals surface area (Å²) in [4.78, 5) is 15.6. The predicted molar refractivity (Wildman–Crippen MR) is 119 cm³/mol. The largest absolute Gasteiger partial charge is 0.465 e. The Kier molecular flexibility index (Phi) is 7.42. The van der Waals surface area contributed by atoms with E-state index in [9.17, 15) is 4.79 Å². The molecule has 1 aromatic carbocycles. The third-order valence-electron chi connectivity index (χ3n) is 4.94. The molecule has 0 spiro atoms. The number of thiophene rings is 1. The number of likely N-dealkylation sites (tertiary alicyclic amines) is 1. The van der Waals surface area contributed by atoms with Gasteiger partial charge in [-0.3, -0.25) is 4.90 Å². The number of hydrogen-bond donors (Lipinski definition) is 2. The third kappa shape index (κ3) is 5.53. The number of benzene rings is 1. The van der Waals surface area contributed by atoms with E-state index >= 15 is 0 Å². The van der Waals surface area contributed by atoms with Crippen LogP contribution in [0.2, 0.25) is 0 Å². The van der Waals surface area contributed by atoms with Crippen LogP contribution in [0.25, 0.3) is 0 Å². The fraction of sp³-hybridized carbons (Fsp3) is 0.429. The maximum atomic E-state index is 12.0. The second-order valence-electron chi connectivity index (χ2n) is 6.94. The molecule has 28 heavy (non-hydrogen) atoms. The van der Waals surface area contributed by atoms with Gasteiger partial charge in [-0.2, -0.15) is 0 Å². The summed E-state index contributed by atoms with van der Waals surface area (Å²) in [5.41, 5.74) is 1.90. The van der Waals surface area contributed by atoms with Crippen molar-refractivity contribution in [3.63, 3.8) is 0 Å². The van der Waals surface area contributed by atoms with E-state index in [0.29, 0.717) is 16.7 Å². The molecule has 7 heteroatoms. The number of piperidine rings is 1. The number of rotatable bonds is 6. The van der Waals surface area contributed by atoms with Crippen LogP contribution in [0.4, 0.5) is 5.00 Å². The zero-order chi connectivity index (χ0) is 19.9. The van der Waals surface area contributed by atoms with Crippen LogP contribution in [-0.2, 0) is 17.7 Å². The van der Waals surface area contributed by atoms with Crippen LogP contribution in [0.3, 0.4) is 0 Å². The fourth-order valence-electron chi connectivity index (χ4n) is 3.37. The molecule has 1 saturated heterocycles.